The van der Waals surface area contributed by atoms with Crippen LogP contribution in [0.15, 0.2) is 35.0 Å². The molecular formula is C13H11IOS. The summed E-state index contributed by atoms with van der Waals surface area (Å²) in [4.78, 5) is 10.8. The molecule has 2 rings (SSSR count). The van der Waals surface area contributed by atoms with Gasteiger partial charge in [-0.05, 0) is 64.1 Å². The van der Waals surface area contributed by atoms with Crippen LogP contribution in [0.1, 0.15) is 21.5 Å². The number of halogens is 1. The van der Waals surface area contributed by atoms with E-state index in [2.05, 4.69) is 52.2 Å². The molecule has 0 bridgehead atoms. The Kier molecular flexibility index (Phi) is 4.12. The van der Waals surface area contributed by atoms with Crippen molar-refractivity contribution in [2.24, 2.45) is 0 Å². The van der Waals surface area contributed by atoms with Gasteiger partial charge in [-0.2, -0.15) is 11.3 Å². The van der Waals surface area contributed by atoms with E-state index in [9.17, 15) is 4.79 Å². The molecule has 1 aromatic carbocycles. The van der Waals surface area contributed by atoms with Gasteiger partial charge in [0.1, 0.15) is 0 Å². The zero-order valence-corrected chi connectivity index (χ0v) is 11.6. The van der Waals surface area contributed by atoms with Gasteiger partial charge in [-0.25, -0.2) is 0 Å². The molecule has 82 valence electrons. The van der Waals surface area contributed by atoms with Crippen LogP contribution in [-0.4, -0.2) is 6.29 Å². The highest BCUT2D eigenvalue weighted by Gasteiger charge is 2.03. The van der Waals surface area contributed by atoms with Crippen LogP contribution in [0.5, 0.6) is 0 Å². The number of aryl methyl sites for hydroxylation is 2. The predicted octanol–water partition coefficient (Wildman–Crippen LogP) is 3.95. The first-order valence-electron chi connectivity index (χ1n) is 5.04. The molecule has 1 heterocycles. The second kappa shape index (κ2) is 5.59. The summed E-state index contributed by atoms with van der Waals surface area (Å²) < 4.78 is 1.26. The van der Waals surface area contributed by atoms with Crippen molar-refractivity contribution in [3.05, 3.63) is 55.3 Å². The lowest BCUT2D eigenvalue weighted by Crippen LogP contribution is -1.93. The number of aldehydes is 1. The Labute approximate surface area is 113 Å². The summed E-state index contributed by atoms with van der Waals surface area (Å²) >= 11 is 3.90. The third kappa shape index (κ3) is 2.92. The molecule has 0 unspecified atom stereocenters. The summed E-state index contributed by atoms with van der Waals surface area (Å²) in [5, 5.41) is 3.98. The van der Waals surface area contributed by atoms with Gasteiger partial charge in [0.2, 0.25) is 0 Å². The van der Waals surface area contributed by atoms with Crippen LogP contribution >= 0.6 is 33.9 Å². The molecule has 0 saturated carbocycles. The van der Waals surface area contributed by atoms with Crippen molar-refractivity contribution < 1.29 is 4.79 Å². The summed E-state index contributed by atoms with van der Waals surface area (Å²) in [6, 6.07) is 8.53. The zero-order valence-electron chi connectivity index (χ0n) is 8.65. The number of carbonyl (C=O) groups is 1. The first-order valence-corrected chi connectivity index (χ1v) is 7.06. The fourth-order valence-corrected chi connectivity index (χ4v) is 2.77. The van der Waals surface area contributed by atoms with Gasteiger partial charge in [0.25, 0.3) is 0 Å². The summed E-state index contributed by atoms with van der Waals surface area (Å²) in [7, 11) is 0. The van der Waals surface area contributed by atoms with E-state index < -0.39 is 0 Å². The quantitative estimate of drug-likeness (QED) is 0.607. The van der Waals surface area contributed by atoms with Crippen LogP contribution in [0.4, 0.5) is 0 Å². The molecule has 1 nitrogen and oxygen atoms in total. The predicted molar refractivity (Wildman–Crippen MR) is 76.3 cm³/mol. The monoisotopic (exact) mass is 342 g/mol. The molecule has 0 aliphatic rings. The number of hydrogen-bond acceptors (Lipinski definition) is 2. The number of thiophene rings is 1. The Balaban J connectivity index is 2.02. The maximum absolute atomic E-state index is 10.8. The van der Waals surface area contributed by atoms with E-state index in [1.165, 1.54) is 14.7 Å². The van der Waals surface area contributed by atoms with E-state index in [0.717, 1.165) is 24.7 Å². The van der Waals surface area contributed by atoms with E-state index in [4.69, 9.17) is 0 Å². The normalized spacial score (nSPS) is 10.3. The van der Waals surface area contributed by atoms with Crippen LogP contribution in [0.3, 0.4) is 0 Å². The maximum Gasteiger partial charge on any atom is 0.151 e. The van der Waals surface area contributed by atoms with Crippen molar-refractivity contribution in [2.45, 2.75) is 12.8 Å². The van der Waals surface area contributed by atoms with Crippen molar-refractivity contribution >= 4 is 40.2 Å². The molecule has 0 aliphatic heterocycles. The molecular weight excluding hydrogens is 331 g/mol. The van der Waals surface area contributed by atoms with Crippen LogP contribution in [0.25, 0.3) is 0 Å². The SMILES string of the molecule is O=Cc1cscc1CCc1ccc(I)cc1. The van der Waals surface area contributed by atoms with Gasteiger partial charge in [-0.1, -0.05) is 12.1 Å². The molecule has 3 heteroatoms. The van der Waals surface area contributed by atoms with Crippen molar-refractivity contribution in [3.8, 4) is 0 Å². The molecule has 0 aliphatic carbocycles. The topological polar surface area (TPSA) is 17.1 Å². The van der Waals surface area contributed by atoms with Gasteiger partial charge in [0.15, 0.2) is 6.29 Å². The number of hydrogen-bond donors (Lipinski definition) is 0. The molecule has 16 heavy (non-hydrogen) atoms. The van der Waals surface area contributed by atoms with Crippen molar-refractivity contribution in [1.82, 2.24) is 0 Å². The molecule has 0 N–H and O–H groups in total. The third-order valence-corrected chi connectivity index (χ3v) is 4.03. The van der Waals surface area contributed by atoms with Crippen LogP contribution < -0.4 is 0 Å². The first-order chi connectivity index (χ1) is 7.79. The number of benzene rings is 1. The second-order valence-electron chi connectivity index (χ2n) is 3.60. The second-order valence-corrected chi connectivity index (χ2v) is 5.59. The van der Waals surface area contributed by atoms with Crippen LogP contribution in [0.2, 0.25) is 0 Å². The minimum atomic E-state index is 0.843. The fourth-order valence-electron chi connectivity index (χ4n) is 1.57. The fraction of sp³-hybridized carbons (Fsp3) is 0.154. The van der Waals surface area contributed by atoms with E-state index in [-0.39, 0.29) is 0 Å². The molecule has 0 radical (unpaired) electrons. The average molecular weight is 342 g/mol. The van der Waals surface area contributed by atoms with Gasteiger partial charge >= 0.3 is 0 Å². The highest BCUT2D eigenvalue weighted by Crippen LogP contribution is 2.16. The van der Waals surface area contributed by atoms with Crippen molar-refractivity contribution in [1.29, 1.82) is 0 Å². The first kappa shape index (κ1) is 11.8. The molecule has 0 fully saturated rings. The third-order valence-electron chi connectivity index (χ3n) is 2.50. The summed E-state index contributed by atoms with van der Waals surface area (Å²) in [5.41, 5.74) is 3.33. The zero-order chi connectivity index (χ0) is 11.4. The highest BCUT2D eigenvalue weighted by atomic mass is 127. The average Bonchev–Trinajstić information content (AvgIpc) is 2.76. The van der Waals surface area contributed by atoms with E-state index in [1.54, 1.807) is 11.3 Å². The van der Waals surface area contributed by atoms with Crippen molar-refractivity contribution in [2.75, 3.05) is 0 Å². The lowest BCUT2D eigenvalue weighted by atomic mass is 10.0. The number of rotatable bonds is 4. The Hall–Kier alpha value is -0.680. The molecule has 0 spiro atoms. The Morgan fingerprint density at radius 2 is 1.88 bits per heavy atom. The lowest BCUT2D eigenvalue weighted by Gasteiger charge is -2.01. The standard InChI is InChI=1S/C13H11IOS/c14-13-5-2-10(3-6-13)1-4-11-8-16-9-12(11)7-15/h2-3,5-9H,1,4H2. The van der Waals surface area contributed by atoms with Crippen molar-refractivity contribution in [3.63, 3.8) is 0 Å². The lowest BCUT2D eigenvalue weighted by molar-refractivity contribution is 0.112. The minimum absolute atomic E-state index is 0.843. The van der Waals surface area contributed by atoms with Gasteiger partial charge < -0.3 is 0 Å². The molecule has 0 amide bonds. The largest absolute Gasteiger partial charge is 0.298 e. The summed E-state index contributed by atoms with van der Waals surface area (Å²) in [6.45, 7) is 0. The van der Waals surface area contributed by atoms with Gasteiger partial charge in [-0.3, -0.25) is 4.79 Å². The minimum Gasteiger partial charge on any atom is -0.298 e. The van der Waals surface area contributed by atoms with Crippen LogP contribution in [0, 0.1) is 3.57 Å². The summed E-state index contributed by atoms with van der Waals surface area (Å²) in [6.07, 6.45) is 2.88. The Morgan fingerprint density at radius 3 is 2.56 bits per heavy atom. The summed E-state index contributed by atoms with van der Waals surface area (Å²) in [5.74, 6) is 0. The van der Waals surface area contributed by atoms with E-state index >= 15 is 0 Å². The number of carbonyl (C=O) groups excluding carboxylic acids is 1. The smallest absolute Gasteiger partial charge is 0.151 e. The molecule has 1 aromatic heterocycles. The maximum atomic E-state index is 10.8. The molecule has 0 saturated heterocycles. The van der Waals surface area contributed by atoms with Gasteiger partial charge in [0.05, 0.1) is 0 Å². The van der Waals surface area contributed by atoms with E-state index in [0.29, 0.717) is 0 Å². The van der Waals surface area contributed by atoms with Gasteiger partial charge in [-0.15, -0.1) is 0 Å². The molecule has 2 aromatic rings. The molecule has 0 atom stereocenters. The Morgan fingerprint density at radius 1 is 1.12 bits per heavy atom. The van der Waals surface area contributed by atoms with Gasteiger partial charge in [0, 0.05) is 14.5 Å². The van der Waals surface area contributed by atoms with Crippen LogP contribution in [-0.2, 0) is 12.8 Å². The highest BCUT2D eigenvalue weighted by molar-refractivity contribution is 14.1. The van der Waals surface area contributed by atoms with E-state index in [1.807, 2.05) is 5.38 Å². The Bertz CT molecular complexity index is 473.